The van der Waals surface area contributed by atoms with E-state index in [1.54, 1.807) is 18.3 Å². The minimum absolute atomic E-state index is 0.0924. The number of amides is 2. The van der Waals surface area contributed by atoms with E-state index in [0.29, 0.717) is 37.3 Å². The number of aromatic nitrogens is 2. The van der Waals surface area contributed by atoms with Crippen LogP contribution in [0, 0.1) is 5.92 Å². The molecule has 1 saturated heterocycles. The third kappa shape index (κ3) is 8.80. The number of carboxylic acid groups (broad SMARTS) is 1. The van der Waals surface area contributed by atoms with Gasteiger partial charge in [0.2, 0.25) is 0 Å². The van der Waals surface area contributed by atoms with E-state index in [0.717, 1.165) is 35.8 Å². The van der Waals surface area contributed by atoms with Gasteiger partial charge in [0.25, 0.3) is 11.8 Å². The number of anilines is 2. The minimum atomic E-state index is -4.44. The van der Waals surface area contributed by atoms with Gasteiger partial charge in [0.05, 0.1) is 18.0 Å². The summed E-state index contributed by atoms with van der Waals surface area (Å²) >= 11 is 0. The summed E-state index contributed by atoms with van der Waals surface area (Å²) in [5.41, 5.74) is -0.211. The first-order chi connectivity index (χ1) is 21.2. The molecule has 0 spiro atoms. The van der Waals surface area contributed by atoms with Gasteiger partial charge in [0, 0.05) is 48.1 Å². The molecule has 10 nitrogen and oxygen atoms in total. The van der Waals surface area contributed by atoms with Gasteiger partial charge in [-0.3, -0.25) is 14.4 Å². The summed E-state index contributed by atoms with van der Waals surface area (Å²) in [5, 5.41) is 15.7. The largest absolute Gasteiger partial charge is 0.481 e. The number of halogens is 3. The number of allylic oxidation sites excluding steroid dienone is 2. The number of piperidine rings is 1. The molecule has 0 radical (unpaired) electrons. The molecular weight excluding hydrogens is 591 g/mol. The fraction of sp³-hybridized carbons (Fsp3) is 0.344. The average molecular weight is 626 g/mol. The van der Waals surface area contributed by atoms with E-state index in [1.165, 1.54) is 4.90 Å². The lowest BCUT2D eigenvalue weighted by atomic mass is 9.93. The number of carbonyl (C=O) groups excluding carboxylic acids is 2. The molecule has 45 heavy (non-hydrogen) atoms. The predicted octanol–water partition coefficient (Wildman–Crippen LogP) is 5.91. The Morgan fingerprint density at radius 1 is 1.07 bits per heavy atom. The van der Waals surface area contributed by atoms with Crippen molar-refractivity contribution in [3.05, 3.63) is 95.5 Å². The zero-order valence-electron chi connectivity index (χ0n) is 25.0. The molecule has 1 aromatic carbocycles. The number of carboxylic acids is 1. The Balaban J connectivity index is 0.000000207. The van der Waals surface area contributed by atoms with E-state index in [-0.39, 0.29) is 23.4 Å². The van der Waals surface area contributed by atoms with Crippen LogP contribution < -0.4 is 10.2 Å². The van der Waals surface area contributed by atoms with Crippen LogP contribution in [0.25, 0.3) is 0 Å². The lowest BCUT2D eigenvalue weighted by Gasteiger charge is -2.30. The monoisotopic (exact) mass is 625 g/mol. The zero-order chi connectivity index (χ0) is 32.8. The lowest BCUT2D eigenvalue weighted by molar-refractivity contribution is -0.143. The zero-order valence-corrected chi connectivity index (χ0v) is 25.0. The topological polar surface area (TPSA) is 129 Å². The normalized spacial score (nSPS) is 16.8. The van der Waals surface area contributed by atoms with Crippen LogP contribution in [0.4, 0.5) is 24.8 Å². The van der Waals surface area contributed by atoms with Crippen LogP contribution in [0.3, 0.4) is 0 Å². The molecule has 0 aliphatic carbocycles. The van der Waals surface area contributed by atoms with Gasteiger partial charge >= 0.3 is 12.1 Å². The third-order valence-corrected chi connectivity index (χ3v) is 7.15. The summed E-state index contributed by atoms with van der Waals surface area (Å²) in [4.78, 5) is 43.2. The molecule has 2 N–H and O–H groups in total. The van der Waals surface area contributed by atoms with Crippen molar-refractivity contribution in [2.75, 3.05) is 29.9 Å². The Hall–Kier alpha value is -4.94. The highest BCUT2D eigenvalue weighted by Gasteiger charge is 2.32. The Kier molecular flexibility index (Phi) is 10.1. The molecule has 1 atom stereocenters. The van der Waals surface area contributed by atoms with Crippen LogP contribution in [-0.2, 0) is 21.2 Å². The Morgan fingerprint density at radius 2 is 1.80 bits per heavy atom. The van der Waals surface area contributed by atoms with Gasteiger partial charge in [-0.2, -0.15) is 13.2 Å². The van der Waals surface area contributed by atoms with E-state index < -0.39 is 29.5 Å². The fourth-order valence-electron chi connectivity index (χ4n) is 4.61. The summed E-state index contributed by atoms with van der Waals surface area (Å²) < 4.78 is 42.7. The van der Waals surface area contributed by atoms with Gasteiger partial charge < -0.3 is 24.7 Å². The molecule has 2 amide bonds. The number of pyridine rings is 1. The van der Waals surface area contributed by atoms with Crippen LogP contribution in [0.1, 0.15) is 55.3 Å². The quantitative estimate of drug-likeness (QED) is 0.358. The molecule has 2 aliphatic rings. The van der Waals surface area contributed by atoms with Crippen LogP contribution in [0.15, 0.2) is 83.2 Å². The van der Waals surface area contributed by atoms with Crippen LogP contribution in [0.2, 0.25) is 0 Å². The molecule has 1 unspecified atom stereocenters. The number of hydrogen-bond donors (Lipinski definition) is 2. The first-order valence-electron chi connectivity index (χ1n) is 14.3. The van der Waals surface area contributed by atoms with Gasteiger partial charge in [0.15, 0.2) is 5.82 Å². The molecular formula is C32H34F3N5O5. The van der Waals surface area contributed by atoms with Crippen molar-refractivity contribution in [3.8, 4) is 0 Å². The number of likely N-dealkylation sites (tertiary alicyclic amines) is 1. The maximum Gasteiger partial charge on any atom is 0.416 e. The highest BCUT2D eigenvalue weighted by molar-refractivity contribution is 6.04. The number of benzene rings is 1. The van der Waals surface area contributed by atoms with Crippen LogP contribution in [-0.4, -0.2) is 57.6 Å². The molecule has 238 valence electrons. The SMILES string of the molecule is CC(C)(C)c1cc(NC(=O)C2=CC=CN(c3ccccn3)C2)no1.O=C(O)C1CCCN(C(=O)c2ccc(C(F)(F)F)cc2)C1. The molecule has 5 rings (SSSR count). The number of aliphatic carboxylic acids is 1. The van der Waals surface area contributed by atoms with Crippen LogP contribution >= 0.6 is 0 Å². The molecule has 2 aliphatic heterocycles. The summed E-state index contributed by atoms with van der Waals surface area (Å²) in [7, 11) is 0. The molecule has 0 bridgehead atoms. The second kappa shape index (κ2) is 13.8. The van der Waals surface area contributed by atoms with E-state index in [2.05, 4.69) is 15.5 Å². The Bertz CT molecular complexity index is 1560. The minimum Gasteiger partial charge on any atom is -0.481 e. The molecule has 2 aromatic heterocycles. The molecule has 13 heteroatoms. The smallest absolute Gasteiger partial charge is 0.416 e. The first kappa shape index (κ1) is 33.0. The maximum atomic E-state index is 12.5. The summed E-state index contributed by atoms with van der Waals surface area (Å²) in [6, 6.07) is 11.4. The second-order valence-corrected chi connectivity index (χ2v) is 11.6. The van der Waals surface area contributed by atoms with Crippen molar-refractivity contribution in [2.24, 2.45) is 5.92 Å². The van der Waals surface area contributed by atoms with Crippen molar-refractivity contribution in [1.29, 1.82) is 0 Å². The predicted molar refractivity (Wildman–Crippen MR) is 160 cm³/mol. The van der Waals surface area contributed by atoms with Gasteiger partial charge in [-0.25, -0.2) is 4.98 Å². The third-order valence-electron chi connectivity index (χ3n) is 7.15. The van der Waals surface area contributed by atoms with E-state index >= 15 is 0 Å². The van der Waals surface area contributed by atoms with Crippen molar-refractivity contribution in [3.63, 3.8) is 0 Å². The Morgan fingerprint density at radius 3 is 2.40 bits per heavy atom. The highest BCUT2D eigenvalue weighted by atomic mass is 19.4. The van der Waals surface area contributed by atoms with E-state index in [9.17, 15) is 27.6 Å². The van der Waals surface area contributed by atoms with E-state index in [4.69, 9.17) is 9.63 Å². The number of nitrogens with one attached hydrogen (secondary N) is 1. The Labute approximate surface area is 258 Å². The lowest BCUT2D eigenvalue weighted by Crippen LogP contribution is -2.42. The number of nitrogens with zero attached hydrogens (tertiary/aromatic N) is 4. The number of carbonyl (C=O) groups is 3. The van der Waals surface area contributed by atoms with Crippen molar-refractivity contribution in [2.45, 2.75) is 45.2 Å². The number of alkyl halides is 3. The van der Waals surface area contributed by atoms with Crippen LogP contribution in [0.5, 0.6) is 0 Å². The van der Waals surface area contributed by atoms with E-state index in [1.807, 2.05) is 56.1 Å². The molecule has 1 fully saturated rings. The second-order valence-electron chi connectivity index (χ2n) is 11.6. The maximum absolute atomic E-state index is 12.5. The molecule has 3 aromatic rings. The number of rotatable bonds is 5. The molecule has 0 saturated carbocycles. The summed E-state index contributed by atoms with van der Waals surface area (Å²) in [6.45, 7) is 7.04. The number of hydrogen-bond acceptors (Lipinski definition) is 7. The first-order valence-corrected chi connectivity index (χ1v) is 14.3. The standard InChI is InChI=1S/C18H20N4O2.C14H14F3NO3/c1-18(2,3)14-11-15(21-24-14)20-17(23)13-7-6-10-22(12-13)16-8-4-5-9-19-16;15-14(16,17)11-5-3-9(4-6-11)12(19)18-7-1-2-10(8-18)13(20)21/h4-11H,12H2,1-3H3,(H,20,21,23);3-6,10H,1-2,7-8H2,(H,20,21). The summed E-state index contributed by atoms with van der Waals surface area (Å²) in [6.07, 6.45) is 3.88. The van der Waals surface area contributed by atoms with Gasteiger partial charge in [-0.1, -0.05) is 38.1 Å². The van der Waals surface area contributed by atoms with Crippen molar-refractivity contribution >= 4 is 29.4 Å². The fourth-order valence-corrected chi connectivity index (χ4v) is 4.61. The van der Waals surface area contributed by atoms with Crippen molar-refractivity contribution < 1.29 is 37.2 Å². The highest BCUT2D eigenvalue weighted by Crippen LogP contribution is 2.30. The average Bonchev–Trinajstić information content (AvgIpc) is 3.50. The van der Waals surface area contributed by atoms with Gasteiger partial charge in [-0.15, -0.1) is 0 Å². The van der Waals surface area contributed by atoms with Crippen molar-refractivity contribution in [1.82, 2.24) is 15.0 Å². The van der Waals surface area contributed by atoms with Gasteiger partial charge in [0.1, 0.15) is 11.6 Å². The molecule has 4 heterocycles. The summed E-state index contributed by atoms with van der Waals surface area (Å²) in [5.74, 6) is -0.264. The van der Waals surface area contributed by atoms with Gasteiger partial charge in [-0.05, 0) is 55.3 Å².